The van der Waals surface area contributed by atoms with Crippen LogP contribution in [0.15, 0.2) is 12.4 Å². The Hall–Kier alpha value is -1.36. The number of nitrogens with zero attached hydrogens (tertiary/aromatic N) is 2. The van der Waals surface area contributed by atoms with E-state index >= 15 is 0 Å². The smallest absolute Gasteiger partial charge is 0.169 e. The molecule has 1 aliphatic carbocycles. The lowest BCUT2D eigenvalue weighted by molar-refractivity contribution is -0.154. The molecule has 1 fully saturated rings. The van der Waals surface area contributed by atoms with E-state index in [0.29, 0.717) is 18.8 Å². The average Bonchev–Trinajstić information content (AvgIpc) is 2.60. The van der Waals surface area contributed by atoms with Gasteiger partial charge in [0.2, 0.25) is 0 Å². The molecule has 1 aromatic rings. The summed E-state index contributed by atoms with van der Waals surface area (Å²) in [4.78, 5) is 11.2. The van der Waals surface area contributed by atoms with E-state index in [9.17, 15) is 4.79 Å². The van der Waals surface area contributed by atoms with Gasteiger partial charge < -0.3 is 9.47 Å². The van der Waals surface area contributed by atoms with Gasteiger partial charge in [-0.25, -0.2) is 0 Å². The predicted octanol–water partition coefficient (Wildman–Crippen LogP) is 0.545. The summed E-state index contributed by atoms with van der Waals surface area (Å²) in [6.45, 7) is 2.40. The van der Waals surface area contributed by atoms with Gasteiger partial charge in [0.25, 0.3) is 0 Å². The Bertz CT molecular complexity index is 361. The van der Waals surface area contributed by atoms with Gasteiger partial charge in [-0.3, -0.25) is 9.48 Å². The summed E-state index contributed by atoms with van der Waals surface area (Å²) in [6, 6.07) is 0. The minimum absolute atomic E-state index is 0.116. The lowest BCUT2D eigenvalue weighted by atomic mass is 9.90. The molecule has 0 bridgehead atoms. The van der Waals surface area contributed by atoms with Gasteiger partial charge in [0.1, 0.15) is 6.10 Å². The first-order chi connectivity index (χ1) is 7.20. The topological polar surface area (TPSA) is 53.4 Å². The first-order valence-electron chi connectivity index (χ1n) is 5.00. The van der Waals surface area contributed by atoms with Crippen LogP contribution in [0.2, 0.25) is 0 Å². The van der Waals surface area contributed by atoms with Crippen molar-refractivity contribution in [2.24, 2.45) is 7.05 Å². The van der Waals surface area contributed by atoms with Crippen LogP contribution < -0.4 is 4.74 Å². The summed E-state index contributed by atoms with van der Waals surface area (Å²) < 4.78 is 12.5. The van der Waals surface area contributed by atoms with Crippen molar-refractivity contribution in [1.82, 2.24) is 9.78 Å². The molecule has 0 N–H and O–H groups in total. The van der Waals surface area contributed by atoms with Crippen LogP contribution >= 0.6 is 0 Å². The van der Waals surface area contributed by atoms with Gasteiger partial charge in [0.05, 0.1) is 12.4 Å². The summed E-state index contributed by atoms with van der Waals surface area (Å²) in [7, 11) is 1.82. The van der Waals surface area contributed by atoms with E-state index in [4.69, 9.17) is 9.47 Å². The summed E-state index contributed by atoms with van der Waals surface area (Å²) >= 11 is 0. The highest BCUT2D eigenvalue weighted by molar-refractivity contribution is 5.90. The molecule has 15 heavy (non-hydrogen) atoms. The molecular weight excluding hydrogens is 196 g/mol. The summed E-state index contributed by atoms with van der Waals surface area (Å²) in [5, 5.41) is 3.98. The second-order valence-corrected chi connectivity index (χ2v) is 3.55. The van der Waals surface area contributed by atoms with E-state index in [-0.39, 0.29) is 11.9 Å². The van der Waals surface area contributed by atoms with Gasteiger partial charge in [-0.1, -0.05) is 0 Å². The Morgan fingerprint density at radius 3 is 3.00 bits per heavy atom. The zero-order valence-electron chi connectivity index (χ0n) is 8.84. The van der Waals surface area contributed by atoms with Crippen molar-refractivity contribution in [3.05, 3.63) is 12.4 Å². The minimum atomic E-state index is -0.393. The molecular formula is C10H14N2O3. The molecule has 2 unspecified atom stereocenters. The van der Waals surface area contributed by atoms with Crippen molar-refractivity contribution >= 4 is 5.78 Å². The Morgan fingerprint density at radius 2 is 2.47 bits per heavy atom. The van der Waals surface area contributed by atoms with Crippen LogP contribution in [-0.4, -0.2) is 34.4 Å². The Kier molecular flexibility index (Phi) is 2.73. The molecule has 1 aromatic heterocycles. The molecule has 82 valence electrons. The number of aromatic nitrogens is 2. The predicted molar refractivity (Wildman–Crippen MR) is 52.7 cm³/mol. The number of hydrogen-bond acceptors (Lipinski definition) is 4. The fraction of sp³-hybridized carbons (Fsp3) is 0.600. The SMILES string of the molecule is CCOC1C(=O)CC1Oc1cnn(C)c1. The first kappa shape index (κ1) is 10.2. The van der Waals surface area contributed by atoms with E-state index in [1.807, 2.05) is 14.0 Å². The van der Waals surface area contributed by atoms with Crippen LogP contribution in [0.25, 0.3) is 0 Å². The third-order valence-electron chi connectivity index (χ3n) is 2.37. The van der Waals surface area contributed by atoms with Crippen LogP contribution in [0.1, 0.15) is 13.3 Å². The average molecular weight is 210 g/mol. The number of carbonyl (C=O) groups excluding carboxylic acids is 1. The number of ether oxygens (including phenoxy) is 2. The highest BCUT2D eigenvalue weighted by Gasteiger charge is 2.42. The van der Waals surface area contributed by atoms with Crippen molar-refractivity contribution in [3.63, 3.8) is 0 Å². The molecule has 0 saturated heterocycles. The maximum absolute atomic E-state index is 11.2. The van der Waals surface area contributed by atoms with Gasteiger partial charge in [-0.2, -0.15) is 5.10 Å². The van der Waals surface area contributed by atoms with Crippen molar-refractivity contribution in [3.8, 4) is 5.75 Å². The Labute approximate surface area is 88.0 Å². The molecule has 1 aliphatic rings. The maximum atomic E-state index is 11.2. The normalized spacial score (nSPS) is 25.1. The van der Waals surface area contributed by atoms with Gasteiger partial charge in [0, 0.05) is 20.1 Å². The number of Topliss-reactive ketones (excluding diaryl/α,β-unsaturated/α-hetero) is 1. The van der Waals surface area contributed by atoms with E-state index in [1.165, 1.54) is 0 Å². The van der Waals surface area contributed by atoms with Crippen molar-refractivity contribution in [2.75, 3.05) is 6.61 Å². The molecule has 5 nitrogen and oxygen atoms in total. The second-order valence-electron chi connectivity index (χ2n) is 3.55. The molecule has 1 heterocycles. The van der Waals surface area contributed by atoms with Gasteiger partial charge in [0.15, 0.2) is 17.6 Å². The van der Waals surface area contributed by atoms with E-state index < -0.39 is 6.10 Å². The third-order valence-corrected chi connectivity index (χ3v) is 2.37. The number of aryl methyl sites for hydroxylation is 1. The van der Waals surface area contributed by atoms with Crippen LogP contribution in [0.3, 0.4) is 0 Å². The zero-order valence-corrected chi connectivity index (χ0v) is 8.84. The second kappa shape index (κ2) is 4.02. The number of carbonyl (C=O) groups is 1. The van der Waals surface area contributed by atoms with Gasteiger partial charge in [-0.15, -0.1) is 0 Å². The first-order valence-corrected chi connectivity index (χ1v) is 5.00. The fourth-order valence-electron chi connectivity index (χ4n) is 1.59. The summed E-state index contributed by atoms with van der Waals surface area (Å²) in [6.07, 6.45) is 3.29. The molecule has 0 aliphatic heterocycles. The minimum Gasteiger partial charge on any atom is -0.483 e. The molecule has 1 saturated carbocycles. The van der Waals surface area contributed by atoms with Crippen molar-refractivity contribution < 1.29 is 14.3 Å². The number of hydrogen-bond donors (Lipinski definition) is 0. The van der Waals surface area contributed by atoms with E-state index in [1.54, 1.807) is 17.1 Å². The summed E-state index contributed by atoms with van der Waals surface area (Å²) in [5.74, 6) is 0.797. The Morgan fingerprint density at radius 1 is 1.67 bits per heavy atom. The van der Waals surface area contributed by atoms with Crippen molar-refractivity contribution in [1.29, 1.82) is 0 Å². The standard InChI is InChI=1S/C10H14N2O3/c1-3-14-10-8(13)4-9(10)15-7-5-11-12(2)6-7/h5-6,9-10H,3-4H2,1-2H3. The zero-order chi connectivity index (χ0) is 10.8. The molecule has 2 rings (SSSR count). The molecule has 0 aromatic carbocycles. The number of rotatable bonds is 4. The maximum Gasteiger partial charge on any atom is 0.169 e. The van der Waals surface area contributed by atoms with Crippen molar-refractivity contribution in [2.45, 2.75) is 25.6 Å². The molecule has 5 heteroatoms. The highest BCUT2D eigenvalue weighted by Crippen LogP contribution is 2.25. The summed E-state index contributed by atoms with van der Waals surface area (Å²) in [5.41, 5.74) is 0. The van der Waals surface area contributed by atoms with Crippen LogP contribution in [0, 0.1) is 0 Å². The highest BCUT2D eigenvalue weighted by atomic mass is 16.5. The third kappa shape index (κ3) is 2.02. The van der Waals surface area contributed by atoms with Crippen LogP contribution in [0.4, 0.5) is 0 Å². The molecule has 2 atom stereocenters. The van der Waals surface area contributed by atoms with Gasteiger partial charge >= 0.3 is 0 Å². The Balaban J connectivity index is 1.93. The molecule has 0 radical (unpaired) electrons. The van der Waals surface area contributed by atoms with E-state index in [2.05, 4.69) is 5.10 Å². The molecule has 0 amide bonds. The lowest BCUT2D eigenvalue weighted by Gasteiger charge is -2.33. The van der Waals surface area contributed by atoms with Gasteiger partial charge in [-0.05, 0) is 6.92 Å². The number of ketones is 1. The van der Waals surface area contributed by atoms with Crippen LogP contribution in [-0.2, 0) is 16.6 Å². The molecule has 0 spiro atoms. The monoisotopic (exact) mass is 210 g/mol. The van der Waals surface area contributed by atoms with E-state index in [0.717, 1.165) is 0 Å². The quantitative estimate of drug-likeness (QED) is 0.728. The fourth-order valence-corrected chi connectivity index (χ4v) is 1.59. The van der Waals surface area contributed by atoms with Crippen LogP contribution in [0.5, 0.6) is 5.75 Å². The lowest BCUT2D eigenvalue weighted by Crippen LogP contribution is -2.52. The largest absolute Gasteiger partial charge is 0.483 e.